The van der Waals surface area contributed by atoms with Crippen molar-refractivity contribution in [2.45, 2.75) is 31.8 Å². The van der Waals surface area contributed by atoms with Crippen LogP contribution in [-0.4, -0.2) is 37.1 Å². The lowest BCUT2D eigenvalue weighted by Crippen LogP contribution is -2.39. The van der Waals surface area contributed by atoms with Gasteiger partial charge in [0.25, 0.3) is 5.91 Å². The summed E-state index contributed by atoms with van der Waals surface area (Å²) in [5.41, 5.74) is 0.0559. The average Bonchev–Trinajstić information content (AvgIpc) is 3.26. The molecule has 2 aromatic rings. The van der Waals surface area contributed by atoms with Crippen molar-refractivity contribution < 1.29 is 9.18 Å². The summed E-state index contributed by atoms with van der Waals surface area (Å²) in [5.74, 6) is 1.44. The SMILES string of the molecule is O=C(c1ccncc1F)N1CCn2c(nnc2C2CC2)C1. The molecule has 2 aliphatic rings. The van der Waals surface area contributed by atoms with Crippen molar-refractivity contribution in [2.75, 3.05) is 6.54 Å². The van der Waals surface area contributed by atoms with Crippen LogP contribution in [0.3, 0.4) is 0 Å². The molecule has 2 aromatic heterocycles. The van der Waals surface area contributed by atoms with E-state index in [4.69, 9.17) is 0 Å². The van der Waals surface area contributed by atoms with Crippen LogP contribution in [0.4, 0.5) is 4.39 Å². The maximum absolute atomic E-state index is 13.7. The maximum atomic E-state index is 13.7. The Morgan fingerprint density at radius 2 is 2.14 bits per heavy atom. The smallest absolute Gasteiger partial charge is 0.257 e. The predicted molar refractivity (Wildman–Crippen MR) is 70.9 cm³/mol. The lowest BCUT2D eigenvalue weighted by Gasteiger charge is -2.28. The van der Waals surface area contributed by atoms with Gasteiger partial charge in [0.15, 0.2) is 11.6 Å². The van der Waals surface area contributed by atoms with Gasteiger partial charge >= 0.3 is 0 Å². The number of fused-ring (bicyclic) bond motifs is 1. The Bertz CT molecular complexity index is 709. The van der Waals surface area contributed by atoms with Crippen molar-refractivity contribution in [1.82, 2.24) is 24.6 Å². The summed E-state index contributed by atoms with van der Waals surface area (Å²) in [4.78, 5) is 17.7. The Kier molecular flexibility index (Phi) is 2.73. The molecule has 0 radical (unpaired) electrons. The highest BCUT2D eigenvalue weighted by atomic mass is 19.1. The number of carbonyl (C=O) groups excluding carboxylic acids is 1. The number of halogens is 1. The first-order chi connectivity index (χ1) is 10.2. The molecule has 0 atom stereocenters. The molecule has 1 amide bonds. The number of aromatic nitrogens is 4. The molecule has 6 nitrogen and oxygen atoms in total. The Labute approximate surface area is 120 Å². The van der Waals surface area contributed by atoms with Crippen LogP contribution in [0, 0.1) is 5.82 Å². The first kappa shape index (κ1) is 12.4. The fourth-order valence-corrected chi connectivity index (χ4v) is 2.72. The summed E-state index contributed by atoms with van der Waals surface area (Å²) >= 11 is 0. The van der Waals surface area contributed by atoms with Crippen LogP contribution >= 0.6 is 0 Å². The van der Waals surface area contributed by atoms with Crippen LogP contribution in [0.2, 0.25) is 0 Å². The molecule has 1 aliphatic carbocycles. The van der Waals surface area contributed by atoms with Gasteiger partial charge in [-0.15, -0.1) is 10.2 Å². The molecular formula is C14H14FN5O. The molecule has 0 spiro atoms. The van der Waals surface area contributed by atoms with Crippen molar-refractivity contribution >= 4 is 5.91 Å². The normalized spacial score (nSPS) is 17.7. The van der Waals surface area contributed by atoms with E-state index >= 15 is 0 Å². The van der Waals surface area contributed by atoms with Gasteiger partial charge in [0.2, 0.25) is 0 Å². The zero-order chi connectivity index (χ0) is 14.4. The van der Waals surface area contributed by atoms with Gasteiger partial charge in [-0.05, 0) is 18.9 Å². The Balaban J connectivity index is 1.58. The molecule has 21 heavy (non-hydrogen) atoms. The van der Waals surface area contributed by atoms with E-state index in [1.807, 2.05) is 0 Å². The van der Waals surface area contributed by atoms with E-state index < -0.39 is 5.82 Å². The van der Waals surface area contributed by atoms with Gasteiger partial charge < -0.3 is 9.47 Å². The highest BCUT2D eigenvalue weighted by Gasteiger charge is 2.33. The number of rotatable bonds is 2. The first-order valence-corrected chi connectivity index (χ1v) is 7.05. The Morgan fingerprint density at radius 1 is 1.29 bits per heavy atom. The summed E-state index contributed by atoms with van der Waals surface area (Å²) in [7, 11) is 0. The molecule has 3 heterocycles. The standard InChI is InChI=1S/C14H14FN5O/c15-11-7-16-4-3-10(11)14(21)19-5-6-20-12(8-19)17-18-13(20)9-1-2-9/h3-4,7,9H,1-2,5-6,8H2. The molecular weight excluding hydrogens is 273 g/mol. The van der Waals surface area contributed by atoms with Crippen LogP contribution in [0.5, 0.6) is 0 Å². The van der Waals surface area contributed by atoms with Crippen LogP contribution in [0.15, 0.2) is 18.5 Å². The largest absolute Gasteiger partial charge is 0.329 e. The second kappa shape index (κ2) is 4.61. The minimum atomic E-state index is -0.590. The highest BCUT2D eigenvalue weighted by molar-refractivity contribution is 5.94. The minimum absolute atomic E-state index is 0.0559. The maximum Gasteiger partial charge on any atom is 0.257 e. The van der Waals surface area contributed by atoms with Crippen molar-refractivity contribution in [3.8, 4) is 0 Å². The molecule has 7 heteroatoms. The van der Waals surface area contributed by atoms with E-state index in [1.54, 1.807) is 4.90 Å². The lowest BCUT2D eigenvalue weighted by molar-refractivity contribution is 0.0701. The average molecular weight is 287 g/mol. The number of nitrogens with zero attached hydrogens (tertiary/aromatic N) is 5. The predicted octanol–water partition coefficient (Wildman–Crippen LogP) is 1.35. The van der Waals surface area contributed by atoms with Crippen LogP contribution in [0.1, 0.15) is 40.8 Å². The molecule has 0 N–H and O–H groups in total. The van der Waals surface area contributed by atoms with Gasteiger partial charge in [-0.1, -0.05) is 0 Å². The zero-order valence-corrected chi connectivity index (χ0v) is 11.4. The fourth-order valence-electron chi connectivity index (χ4n) is 2.72. The monoisotopic (exact) mass is 287 g/mol. The molecule has 1 fully saturated rings. The van der Waals surface area contributed by atoms with Crippen molar-refractivity contribution in [1.29, 1.82) is 0 Å². The quantitative estimate of drug-likeness (QED) is 0.836. The number of pyridine rings is 1. The molecule has 0 bridgehead atoms. The summed E-state index contributed by atoms with van der Waals surface area (Å²) in [6, 6.07) is 1.41. The molecule has 0 unspecified atom stereocenters. The van der Waals surface area contributed by atoms with Crippen LogP contribution in [0.25, 0.3) is 0 Å². The van der Waals surface area contributed by atoms with Crippen molar-refractivity contribution in [3.05, 3.63) is 41.5 Å². The molecule has 1 saturated carbocycles. The molecule has 0 aromatic carbocycles. The summed E-state index contributed by atoms with van der Waals surface area (Å²) in [5, 5.41) is 8.41. The fraction of sp³-hybridized carbons (Fsp3) is 0.429. The molecule has 4 rings (SSSR count). The third-order valence-corrected chi connectivity index (χ3v) is 4.01. The third-order valence-electron chi connectivity index (χ3n) is 4.01. The van der Waals surface area contributed by atoms with Gasteiger partial charge in [-0.25, -0.2) is 4.39 Å². The molecule has 1 aliphatic heterocycles. The number of hydrogen-bond acceptors (Lipinski definition) is 4. The van der Waals surface area contributed by atoms with E-state index in [0.717, 1.165) is 17.8 Å². The molecule has 0 saturated heterocycles. The van der Waals surface area contributed by atoms with Gasteiger partial charge in [-0.3, -0.25) is 9.78 Å². The van der Waals surface area contributed by atoms with E-state index in [1.165, 1.54) is 25.1 Å². The zero-order valence-electron chi connectivity index (χ0n) is 11.4. The number of amides is 1. The topological polar surface area (TPSA) is 63.9 Å². The number of carbonyl (C=O) groups is 1. The molecule has 108 valence electrons. The minimum Gasteiger partial charge on any atom is -0.329 e. The van der Waals surface area contributed by atoms with Crippen molar-refractivity contribution in [3.63, 3.8) is 0 Å². The van der Waals surface area contributed by atoms with Gasteiger partial charge in [0.05, 0.1) is 18.3 Å². The second-order valence-electron chi connectivity index (χ2n) is 5.48. The van der Waals surface area contributed by atoms with Crippen molar-refractivity contribution in [2.24, 2.45) is 0 Å². The summed E-state index contributed by atoms with van der Waals surface area (Å²) < 4.78 is 15.8. The van der Waals surface area contributed by atoms with E-state index in [-0.39, 0.29) is 11.5 Å². The summed E-state index contributed by atoms with van der Waals surface area (Å²) in [6.45, 7) is 1.60. The van der Waals surface area contributed by atoms with Crippen LogP contribution in [-0.2, 0) is 13.1 Å². The van der Waals surface area contributed by atoms with E-state index in [2.05, 4.69) is 19.7 Å². The Hall–Kier alpha value is -2.31. The third kappa shape index (κ3) is 2.09. The second-order valence-corrected chi connectivity index (χ2v) is 5.48. The lowest BCUT2D eigenvalue weighted by atomic mass is 10.2. The highest BCUT2D eigenvalue weighted by Crippen LogP contribution is 2.39. The van der Waals surface area contributed by atoms with E-state index in [0.29, 0.717) is 25.6 Å². The van der Waals surface area contributed by atoms with Gasteiger partial charge in [0, 0.05) is 25.2 Å². The summed E-state index contributed by atoms with van der Waals surface area (Å²) in [6.07, 6.45) is 4.82. The first-order valence-electron chi connectivity index (χ1n) is 7.05. The number of hydrogen-bond donors (Lipinski definition) is 0. The van der Waals surface area contributed by atoms with Gasteiger partial charge in [-0.2, -0.15) is 0 Å². The Morgan fingerprint density at radius 3 is 2.90 bits per heavy atom. The van der Waals surface area contributed by atoms with Gasteiger partial charge in [0.1, 0.15) is 5.82 Å². The van der Waals surface area contributed by atoms with Crippen LogP contribution < -0.4 is 0 Å². The van der Waals surface area contributed by atoms with E-state index in [9.17, 15) is 9.18 Å².